The standard InChI is InChI=1S/C31H35FN10OS2/c1-3-42(18(2)20-6-4-8-37-25(20)35)28-22(12-34)27(38-29(39-28)43-17-30-7-5-9-41(30)13-19(32)10-30)40-15-31(16-40)24-21(11-33)26(36)45-23(24)14-44-31/h4,6,8,18-19H,3,5,7,9-10,13-17,36H2,1-2H3,(H2,35,37)/t18-,19+,30-/m0/s1. The van der Waals surface area contributed by atoms with E-state index in [2.05, 4.69) is 26.9 Å². The molecule has 3 aromatic rings. The van der Waals surface area contributed by atoms with Crippen molar-refractivity contribution in [3.63, 3.8) is 0 Å². The van der Waals surface area contributed by atoms with Crippen molar-refractivity contribution in [1.82, 2.24) is 19.9 Å². The molecule has 0 saturated carbocycles. The van der Waals surface area contributed by atoms with E-state index in [4.69, 9.17) is 26.2 Å². The summed E-state index contributed by atoms with van der Waals surface area (Å²) in [5.74, 6) is 2.15. The summed E-state index contributed by atoms with van der Waals surface area (Å²) in [6.45, 7) is 7.24. The first-order valence-corrected chi connectivity index (χ1v) is 17.0. The Morgan fingerprint density at radius 3 is 2.78 bits per heavy atom. The maximum Gasteiger partial charge on any atom is 0.320 e. The van der Waals surface area contributed by atoms with E-state index in [9.17, 15) is 14.9 Å². The lowest BCUT2D eigenvalue weighted by Crippen LogP contribution is -2.57. The fraction of sp³-hybridized carbons (Fsp3) is 0.516. The molecule has 3 aromatic heterocycles. The minimum atomic E-state index is -0.876. The Balaban J connectivity index is 1.26. The first-order valence-electron chi connectivity index (χ1n) is 15.2. The molecule has 3 atom stereocenters. The lowest BCUT2D eigenvalue weighted by atomic mass is 9.88. The van der Waals surface area contributed by atoms with Crippen LogP contribution in [0.5, 0.6) is 6.01 Å². The number of rotatable bonds is 8. The quantitative estimate of drug-likeness (QED) is 0.357. The van der Waals surface area contributed by atoms with Gasteiger partial charge in [0, 0.05) is 60.6 Å². The highest BCUT2D eigenvalue weighted by molar-refractivity contribution is 8.00. The van der Waals surface area contributed by atoms with Crippen molar-refractivity contribution in [1.29, 1.82) is 10.5 Å². The molecule has 4 aliphatic heterocycles. The summed E-state index contributed by atoms with van der Waals surface area (Å²) >= 11 is 3.30. The van der Waals surface area contributed by atoms with Crippen molar-refractivity contribution in [2.75, 3.05) is 60.6 Å². The number of fused-ring (bicyclic) bond motifs is 3. The second kappa shape index (κ2) is 11.2. The van der Waals surface area contributed by atoms with Crippen LogP contribution in [-0.4, -0.2) is 70.9 Å². The summed E-state index contributed by atoms with van der Waals surface area (Å²) in [6.07, 6.45) is 3.07. The topological polar surface area (TPSA) is 157 Å². The molecule has 7 heterocycles. The van der Waals surface area contributed by atoms with Gasteiger partial charge in [-0.25, -0.2) is 9.37 Å². The summed E-state index contributed by atoms with van der Waals surface area (Å²) in [7, 11) is 0. The van der Waals surface area contributed by atoms with Crippen LogP contribution in [0.4, 0.5) is 26.8 Å². The number of alkyl halides is 1. The Morgan fingerprint density at radius 1 is 1.24 bits per heavy atom. The van der Waals surface area contributed by atoms with Crippen molar-refractivity contribution >= 4 is 45.6 Å². The van der Waals surface area contributed by atoms with Gasteiger partial charge >= 0.3 is 6.01 Å². The van der Waals surface area contributed by atoms with Crippen LogP contribution in [0.2, 0.25) is 0 Å². The number of anilines is 4. The predicted molar refractivity (Wildman–Crippen MR) is 174 cm³/mol. The van der Waals surface area contributed by atoms with Gasteiger partial charge in [0.15, 0.2) is 11.6 Å². The van der Waals surface area contributed by atoms with E-state index in [-0.39, 0.29) is 28.9 Å². The van der Waals surface area contributed by atoms with Crippen molar-refractivity contribution < 1.29 is 9.13 Å². The molecule has 0 aliphatic carbocycles. The summed E-state index contributed by atoms with van der Waals surface area (Å²) in [5, 5.41) is 21.0. The van der Waals surface area contributed by atoms with Crippen molar-refractivity contribution in [3.05, 3.63) is 45.5 Å². The molecule has 45 heavy (non-hydrogen) atoms. The van der Waals surface area contributed by atoms with E-state index in [1.54, 1.807) is 6.20 Å². The summed E-state index contributed by atoms with van der Waals surface area (Å²) in [5.41, 5.74) is 14.9. The van der Waals surface area contributed by atoms with E-state index in [0.29, 0.717) is 66.2 Å². The van der Waals surface area contributed by atoms with Gasteiger partial charge in [-0.3, -0.25) is 4.90 Å². The van der Waals surface area contributed by atoms with Crippen LogP contribution in [0.15, 0.2) is 18.3 Å². The largest absolute Gasteiger partial charge is 0.461 e. The molecule has 7 rings (SSSR count). The fourth-order valence-electron chi connectivity index (χ4n) is 7.66. The second-order valence-electron chi connectivity index (χ2n) is 12.3. The Hall–Kier alpha value is -3.85. The molecule has 11 nitrogen and oxygen atoms in total. The van der Waals surface area contributed by atoms with Gasteiger partial charge in [-0.15, -0.1) is 23.1 Å². The number of nitrogens with two attached hydrogens (primary N) is 2. The van der Waals surface area contributed by atoms with Gasteiger partial charge < -0.3 is 26.0 Å². The zero-order chi connectivity index (χ0) is 31.5. The number of nitrogens with zero attached hydrogens (tertiary/aromatic N) is 8. The number of pyridine rings is 1. The van der Waals surface area contributed by atoms with Crippen LogP contribution < -0.4 is 26.0 Å². The van der Waals surface area contributed by atoms with Crippen molar-refractivity contribution in [2.24, 2.45) is 0 Å². The summed E-state index contributed by atoms with van der Waals surface area (Å²) < 4.78 is 20.6. The van der Waals surface area contributed by atoms with Crippen molar-refractivity contribution in [2.45, 2.75) is 61.4 Å². The maximum atomic E-state index is 14.5. The average molecular weight is 647 g/mol. The molecule has 234 valence electrons. The summed E-state index contributed by atoms with van der Waals surface area (Å²) in [6, 6.07) is 8.39. The molecule has 3 fully saturated rings. The van der Waals surface area contributed by atoms with Crippen LogP contribution in [0.25, 0.3) is 0 Å². The number of thioether (sulfide) groups is 1. The Bertz CT molecular complexity index is 1730. The van der Waals surface area contributed by atoms with Gasteiger partial charge in [0.05, 0.1) is 21.9 Å². The van der Waals surface area contributed by atoms with Gasteiger partial charge in [0.25, 0.3) is 0 Å². The van der Waals surface area contributed by atoms with Gasteiger partial charge in [0.1, 0.15) is 41.3 Å². The van der Waals surface area contributed by atoms with Crippen molar-refractivity contribution in [3.8, 4) is 18.1 Å². The Labute approximate surface area is 270 Å². The molecular formula is C31H35FN10OS2. The monoisotopic (exact) mass is 646 g/mol. The molecular weight excluding hydrogens is 612 g/mol. The third-order valence-corrected chi connectivity index (χ3v) is 12.5. The normalized spacial score (nSPS) is 23.7. The smallest absolute Gasteiger partial charge is 0.320 e. The number of aromatic nitrogens is 3. The first kappa shape index (κ1) is 29.8. The highest BCUT2D eigenvalue weighted by atomic mass is 32.2. The number of ether oxygens (including phenoxy) is 1. The van der Waals surface area contributed by atoms with Crippen LogP contribution in [-0.2, 0) is 10.5 Å². The number of halogens is 1. The summed E-state index contributed by atoms with van der Waals surface area (Å²) in [4.78, 5) is 21.4. The highest BCUT2D eigenvalue weighted by Gasteiger charge is 2.54. The average Bonchev–Trinajstić information content (AvgIpc) is 3.73. The predicted octanol–water partition coefficient (Wildman–Crippen LogP) is 4.35. The molecule has 4 N–H and O–H groups in total. The number of nitriles is 2. The van der Waals surface area contributed by atoms with E-state index in [1.807, 2.05) is 42.6 Å². The lowest BCUT2D eigenvalue weighted by molar-refractivity contribution is 0.107. The fourth-order valence-corrected chi connectivity index (χ4v) is 10.5. The Morgan fingerprint density at radius 2 is 2.04 bits per heavy atom. The van der Waals surface area contributed by atoms with E-state index in [1.165, 1.54) is 11.3 Å². The Kier molecular flexibility index (Phi) is 7.42. The van der Waals surface area contributed by atoms with E-state index >= 15 is 0 Å². The van der Waals surface area contributed by atoms with Crippen LogP contribution in [0.3, 0.4) is 0 Å². The number of nitrogen functional groups attached to an aromatic ring is 2. The van der Waals surface area contributed by atoms with Gasteiger partial charge in [-0.1, -0.05) is 6.07 Å². The van der Waals surface area contributed by atoms with E-state index < -0.39 is 6.17 Å². The number of hydrogen-bond acceptors (Lipinski definition) is 13. The van der Waals surface area contributed by atoms with Crippen LogP contribution >= 0.6 is 23.1 Å². The minimum absolute atomic E-state index is 0.158. The van der Waals surface area contributed by atoms with Gasteiger partial charge in [-0.2, -0.15) is 20.5 Å². The number of hydrogen-bond donors (Lipinski definition) is 2. The second-order valence-corrected chi connectivity index (χ2v) is 14.8. The zero-order valence-corrected chi connectivity index (χ0v) is 26.9. The van der Waals surface area contributed by atoms with Gasteiger partial charge in [-0.05, 0) is 39.3 Å². The molecule has 14 heteroatoms. The molecule has 3 saturated heterocycles. The van der Waals surface area contributed by atoms with E-state index in [0.717, 1.165) is 41.1 Å². The molecule has 4 aliphatic rings. The molecule has 0 unspecified atom stereocenters. The lowest BCUT2D eigenvalue weighted by Gasteiger charge is -2.49. The molecule has 0 aromatic carbocycles. The SMILES string of the molecule is CCN(c1nc(OC[C@@]23CCCN2C[C@H](F)C3)nc(N2CC3(C2)SCc2sc(N)c(C#N)c23)c1C#N)[C@@H](C)c1cccnc1N. The third-order valence-electron chi connectivity index (χ3n) is 9.84. The van der Waals surface area contributed by atoms with Crippen LogP contribution in [0.1, 0.15) is 66.3 Å². The van der Waals surface area contributed by atoms with Crippen LogP contribution in [0, 0.1) is 22.7 Å². The zero-order valence-electron chi connectivity index (χ0n) is 25.3. The molecule has 0 amide bonds. The molecule has 1 spiro atoms. The van der Waals surface area contributed by atoms with Gasteiger partial charge in [0.2, 0.25) is 0 Å². The highest BCUT2D eigenvalue weighted by Crippen LogP contribution is 2.58. The number of thiophene rings is 1. The first-order chi connectivity index (χ1) is 21.7. The third kappa shape index (κ3) is 4.73. The molecule has 0 bridgehead atoms. The minimum Gasteiger partial charge on any atom is -0.461 e. The maximum absolute atomic E-state index is 14.5. The molecule has 0 radical (unpaired) electrons.